The van der Waals surface area contributed by atoms with Gasteiger partial charge in [-0.25, -0.2) is 0 Å². The van der Waals surface area contributed by atoms with E-state index in [1.165, 1.54) is 11.8 Å². The van der Waals surface area contributed by atoms with E-state index in [1.807, 2.05) is 20.0 Å². The molecule has 0 saturated heterocycles. The lowest BCUT2D eigenvalue weighted by Gasteiger charge is -2.16. The fourth-order valence-electron chi connectivity index (χ4n) is 2.92. The van der Waals surface area contributed by atoms with Gasteiger partial charge in [0.15, 0.2) is 0 Å². The zero-order chi connectivity index (χ0) is 20.2. The highest BCUT2D eigenvalue weighted by atomic mass is 35.5. The van der Waals surface area contributed by atoms with Gasteiger partial charge in [0.05, 0.1) is 10.6 Å². The molecule has 0 saturated carbocycles. The zero-order valence-electron chi connectivity index (χ0n) is 16.3. The van der Waals surface area contributed by atoms with Gasteiger partial charge in [-0.15, -0.1) is 0 Å². The molecule has 0 aromatic carbocycles. The van der Waals surface area contributed by atoms with E-state index in [4.69, 9.17) is 11.6 Å². The molecule has 0 atom stereocenters. The molecule has 0 unspecified atom stereocenters. The van der Waals surface area contributed by atoms with Gasteiger partial charge in [-0.2, -0.15) is 13.2 Å². The van der Waals surface area contributed by atoms with Gasteiger partial charge >= 0.3 is 6.18 Å². The van der Waals surface area contributed by atoms with Crippen LogP contribution in [0, 0.1) is 20.8 Å². The summed E-state index contributed by atoms with van der Waals surface area (Å²) < 4.78 is 37.7. The predicted octanol–water partition coefficient (Wildman–Crippen LogP) is 7.01. The number of halogens is 4. The first-order valence-electron chi connectivity index (χ1n) is 8.52. The van der Waals surface area contributed by atoms with Gasteiger partial charge in [0.25, 0.3) is 0 Å². The van der Waals surface area contributed by atoms with Crippen molar-refractivity contribution in [2.45, 2.75) is 66.5 Å². The van der Waals surface area contributed by atoms with E-state index in [0.717, 1.165) is 22.3 Å². The van der Waals surface area contributed by atoms with Crippen LogP contribution < -0.4 is 0 Å². The van der Waals surface area contributed by atoms with Gasteiger partial charge in [0, 0.05) is 23.8 Å². The van der Waals surface area contributed by atoms with Gasteiger partial charge < -0.3 is 0 Å². The van der Waals surface area contributed by atoms with Crippen LogP contribution in [0.5, 0.6) is 0 Å². The van der Waals surface area contributed by atoms with Gasteiger partial charge in [0.1, 0.15) is 0 Å². The summed E-state index contributed by atoms with van der Waals surface area (Å²) in [6.45, 7) is 13.3. The smallest absolute Gasteiger partial charge is 0.261 e. The molecule has 0 amide bonds. The SMILES string of the molecule is Cc1cnc(C)c(C(C)C)c1Cl.Cc1nccc(C(F)(F)F)c1C(C)C. The molecule has 2 aromatic rings. The maximum Gasteiger partial charge on any atom is 0.416 e. The van der Waals surface area contributed by atoms with Crippen molar-refractivity contribution in [2.75, 3.05) is 0 Å². The van der Waals surface area contributed by atoms with E-state index in [9.17, 15) is 13.2 Å². The minimum Gasteiger partial charge on any atom is -0.261 e. The highest BCUT2D eigenvalue weighted by Gasteiger charge is 2.34. The second kappa shape index (κ2) is 8.85. The summed E-state index contributed by atoms with van der Waals surface area (Å²) in [5.41, 5.74) is 3.46. The number of nitrogens with zero attached hydrogens (tertiary/aromatic N) is 2. The van der Waals surface area contributed by atoms with Crippen LogP contribution in [-0.2, 0) is 6.18 Å². The minimum absolute atomic E-state index is 0.166. The van der Waals surface area contributed by atoms with Crippen molar-refractivity contribution in [3.05, 3.63) is 57.1 Å². The average molecular weight is 387 g/mol. The zero-order valence-corrected chi connectivity index (χ0v) is 17.0. The Morgan fingerprint density at radius 2 is 1.38 bits per heavy atom. The summed E-state index contributed by atoms with van der Waals surface area (Å²) in [7, 11) is 0. The fraction of sp³-hybridized carbons (Fsp3) is 0.500. The molecule has 2 nitrogen and oxygen atoms in total. The minimum atomic E-state index is -4.28. The Kier molecular flexibility index (Phi) is 7.63. The van der Waals surface area contributed by atoms with Crippen molar-refractivity contribution in [3.63, 3.8) is 0 Å². The monoisotopic (exact) mass is 386 g/mol. The van der Waals surface area contributed by atoms with Gasteiger partial charge in [-0.1, -0.05) is 39.3 Å². The van der Waals surface area contributed by atoms with E-state index in [0.29, 0.717) is 17.2 Å². The normalized spacial score (nSPS) is 11.6. The van der Waals surface area contributed by atoms with Crippen molar-refractivity contribution in [3.8, 4) is 0 Å². The Labute approximate surface area is 158 Å². The lowest BCUT2D eigenvalue weighted by molar-refractivity contribution is -0.138. The third-order valence-corrected chi connectivity index (χ3v) is 4.58. The highest BCUT2D eigenvalue weighted by Crippen LogP contribution is 2.35. The second-order valence-corrected chi connectivity index (χ2v) is 7.30. The lowest BCUT2D eigenvalue weighted by atomic mass is 9.96. The molecule has 0 radical (unpaired) electrons. The van der Waals surface area contributed by atoms with Gasteiger partial charge in [0.2, 0.25) is 0 Å². The number of pyridine rings is 2. The summed E-state index contributed by atoms with van der Waals surface area (Å²) in [6.07, 6.45) is -1.26. The van der Waals surface area contributed by atoms with Crippen LogP contribution in [0.25, 0.3) is 0 Å². The summed E-state index contributed by atoms with van der Waals surface area (Å²) in [5, 5.41) is 0.873. The van der Waals surface area contributed by atoms with Crippen molar-refractivity contribution in [2.24, 2.45) is 0 Å². The molecule has 0 aliphatic carbocycles. The lowest BCUT2D eigenvalue weighted by Crippen LogP contribution is -2.12. The third-order valence-electron chi connectivity index (χ3n) is 4.07. The molecule has 2 aromatic heterocycles. The number of rotatable bonds is 2. The van der Waals surface area contributed by atoms with E-state index in [1.54, 1.807) is 20.8 Å². The van der Waals surface area contributed by atoms with Crippen LogP contribution in [0.15, 0.2) is 18.5 Å². The molecule has 26 heavy (non-hydrogen) atoms. The number of hydrogen-bond donors (Lipinski definition) is 0. The van der Waals surface area contributed by atoms with Crippen LogP contribution in [0.1, 0.15) is 73.2 Å². The van der Waals surface area contributed by atoms with E-state index >= 15 is 0 Å². The Hall–Kier alpha value is -1.62. The van der Waals surface area contributed by atoms with Crippen LogP contribution in [0.4, 0.5) is 13.2 Å². The molecular formula is C20H26ClF3N2. The maximum absolute atomic E-state index is 12.6. The summed E-state index contributed by atoms with van der Waals surface area (Å²) in [6, 6.07) is 1.03. The number of alkyl halides is 3. The Balaban J connectivity index is 0.000000263. The molecule has 0 fully saturated rings. The standard InChI is InChI=1S/C10H14ClN.C10H12F3N/c1-6(2)9-8(4)12-5-7(3)10(9)11;1-6(2)9-7(3)14-5-4-8(9)10(11,12)13/h5-6H,1-4H3;4-6H,1-3H3. The molecule has 2 rings (SSSR count). The van der Waals surface area contributed by atoms with Crippen molar-refractivity contribution < 1.29 is 13.2 Å². The molecule has 0 bridgehead atoms. The number of hydrogen-bond acceptors (Lipinski definition) is 2. The van der Waals surface area contributed by atoms with Crippen molar-refractivity contribution in [1.82, 2.24) is 9.97 Å². The molecule has 144 valence electrons. The fourth-order valence-corrected chi connectivity index (χ4v) is 3.32. The van der Waals surface area contributed by atoms with Crippen LogP contribution in [-0.4, -0.2) is 9.97 Å². The van der Waals surface area contributed by atoms with Crippen LogP contribution >= 0.6 is 11.6 Å². The van der Waals surface area contributed by atoms with Crippen LogP contribution in [0.3, 0.4) is 0 Å². The average Bonchev–Trinajstić information content (AvgIpc) is 2.50. The summed E-state index contributed by atoms with van der Waals surface area (Å²) in [4.78, 5) is 8.15. The van der Waals surface area contributed by atoms with E-state index < -0.39 is 11.7 Å². The van der Waals surface area contributed by atoms with Gasteiger partial charge in [-0.05, 0) is 55.4 Å². The quantitative estimate of drug-likeness (QED) is 0.554. The summed E-state index contributed by atoms with van der Waals surface area (Å²) >= 11 is 6.15. The van der Waals surface area contributed by atoms with E-state index in [-0.39, 0.29) is 5.92 Å². The molecule has 0 aliphatic rings. The van der Waals surface area contributed by atoms with Gasteiger partial charge in [-0.3, -0.25) is 9.97 Å². The largest absolute Gasteiger partial charge is 0.416 e. The highest BCUT2D eigenvalue weighted by molar-refractivity contribution is 6.32. The molecule has 2 heterocycles. The molecule has 0 spiro atoms. The Bertz CT molecular complexity index is 753. The molecule has 6 heteroatoms. The first-order valence-corrected chi connectivity index (χ1v) is 8.89. The van der Waals surface area contributed by atoms with Crippen molar-refractivity contribution >= 4 is 11.6 Å². The molecule has 0 N–H and O–H groups in total. The first kappa shape index (κ1) is 22.4. The first-order chi connectivity index (χ1) is 11.9. The summed E-state index contributed by atoms with van der Waals surface area (Å²) in [5.74, 6) is 0.283. The molecular weight excluding hydrogens is 361 g/mol. The van der Waals surface area contributed by atoms with Crippen LogP contribution in [0.2, 0.25) is 5.02 Å². The maximum atomic E-state index is 12.6. The Morgan fingerprint density at radius 3 is 1.77 bits per heavy atom. The second-order valence-electron chi connectivity index (χ2n) is 6.92. The predicted molar refractivity (Wildman–Crippen MR) is 101 cm³/mol. The molecule has 0 aliphatic heterocycles. The van der Waals surface area contributed by atoms with Crippen molar-refractivity contribution in [1.29, 1.82) is 0 Å². The Morgan fingerprint density at radius 1 is 0.885 bits per heavy atom. The van der Waals surface area contributed by atoms with E-state index in [2.05, 4.69) is 23.8 Å². The number of aryl methyl sites for hydroxylation is 3. The topological polar surface area (TPSA) is 25.8 Å². The number of aromatic nitrogens is 2. The third kappa shape index (κ3) is 5.44.